The molecule has 0 aliphatic rings. The van der Waals surface area contributed by atoms with Crippen molar-refractivity contribution in [2.45, 2.75) is 431 Å². The largest absolute Gasteiger partial charge is 0.466 e. The van der Waals surface area contributed by atoms with Crippen LogP contribution in [0.5, 0.6) is 0 Å². The summed E-state index contributed by atoms with van der Waals surface area (Å²) in [6, 6.07) is -0.627. The molecule has 0 aliphatic heterocycles. The highest BCUT2D eigenvalue weighted by atomic mass is 16.5. The molecule has 0 saturated heterocycles. The number of carbonyl (C=O) groups excluding carboxylic acids is 2. The van der Waals surface area contributed by atoms with Gasteiger partial charge in [-0.1, -0.05) is 359 Å². The van der Waals surface area contributed by atoms with Gasteiger partial charge < -0.3 is 20.3 Å². The molecule has 0 fully saturated rings. The monoisotopic (exact) mass is 1170 g/mol. The Labute approximate surface area is 519 Å². The van der Waals surface area contributed by atoms with Crippen LogP contribution in [0.4, 0.5) is 0 Å². The molecule has 0 rings (SSSR count). The average molecular weight is 1170 g/mol. The predicted molar refractivity (Wildman–Crippen MR) is 366 cm³/mol. The van der Waals surface area contributed by atoms with Gasteiger partial charge in [-0.2, -0.15) is 0 Å². The third kappa shape index (κ3) is 69.1. The zero-order valence-corrected chi connectivity index (χ0v) is 56.2. The summed E-state index contributed by atoms with van der Waals surface area (Å²) < 4.78 is 5.49. The highest BCUT2D eigenvalue weighted by Gasteiger charge is 2.18. The lowest BCUT2D eigenvalue weighted by molar-refractivity contribution is -0.143. The van der Waals surface area contributed by atoms with E-state index in [0.29, 0.717) is 19.4 Å². The molecular weight excluding hydrogens is 1020 g/mol. The lowest BCUT2D eigenvalue weighted by Crippen LogP contribution is -2.45. The van der Waals surface area contributed by atoms with E-state index in [1.165, 1.54) is 347 Å². The van der Waals surface area contributed by atoms with Crippen LogP contribution in [-0.4, -0.2) is 47.4 Å². The minimum atomic E-state index is -0.843. The molecular formula is C77H147NO5. The molecule has 6 nitrogen and oxygen atoms in total. The van der Waals surface area contributed by atoms with Gasteiger partial charge in [-0.3, -0.25) is 9.59 Å². The second kappa shape index (κ2) is 72.6. The molecule has 0 aliphatic carbocycles. The van der Waals surface area contributed by atoms with E-state index in [1.54, 1.807) is 6.08 Å². The van der Waals surface area contributed by atoms with E-state index in [-0.39, 0.29) is 18.5 Å². The molecule has 490 valence electrons. The van der Waals surface area contributed by atoms with Crippen molar-refractivity contribution in [3.63, 3.8) is 0 Å². The van der Waals surface area contributed by atoms with Crippen LogP contribution in [0.15, 0.2) is 36.5 Å². The Bertz CT molecular complexity index is 1340. The number of rotatable bonds is 71. The number of allylic oxidation sites excluding steroid dienone is 5. The molecule has 2 unspecified atom stereocenters. The molecule has 83 heavy (non-hydrogen) atoms. The number of hydrogen-bond acceptors (Lipinski definition) is 5. The molecule has 0 aromatic heterocycles. The summed E-state index contributed by atoms with van der Waals surface area (Å²) in [5.74, 6) is -0.0511. The van der Waals surface area contributed by atoms with Gasteiger partial charge in [-0.25, -0.2) is 0 Å². The van der Waals surface area contributed by atoms with Crippen molar-refractivity contribution in [1.82, 2.24) is 5.32 Å². The topological polar surface area (TPSA) is 95.9 Å². The summed E-state index contributed by atoms with van der Waals surface area (Å²) in [5.41, 5.74) is 0. The fraction of sp³-hybridized carbons (Fsp3) is 0.896. The first-order valence-electron chi connectivity index (χ1n) is 37.8. The minimum Gasteiger partial charge on any atom is -0.466 e. The lowest BCUT2D eigenvalue weighted by atomic mass is 10.0. The maximum atomic E-state index is 12.5. The van der Waals surface area contributed by atoms with E-state index >= 15 is 0 Å². The summed E-state index contributed by atoms with van der Waals surface area (Å²) in [6.45, 7) is 4.94. The Morgan fingerprint density at radius 2 is 0.566 bits per heavy atom. The number of hydrogen-bond donors (Lipinski definition) is 3. The van der Waals surface area contributed by atoms with E-state index in [9.17, 15) is 19.8 Å². The van der Waals surface area contributed by atoms with Crippen LogP contribution in [0, 0.1) is 0 Å². The Hall–Kier alpha value is -1.92. The Kier molecular flexibility index (Phi) is 70.9. The third-order valence-electron chi connectivity index (χ3n) is 17.6. The van der Waals surface area contributed by atoms with Gasteiger partial charge in [0.1, 0.15) is 0 Å². The molecule has 3 N–H and O–H groups in total. The van der Waals surface area contributed by atoms with Gasteiger partial charge in [-0.15, -0.1) is 0 Å². The second-order valence-electron chi connectivity index (χ2n) is 26.0. The van der Waals surface area contributed by atoms with Crippen LogP contribution >= 0.6 is 0 Å². The number of aliphatic hydroxyl groups excluding tert-OH is 2. The summed E-state index contributed by atoms with van der Waals surface area (Å²) in [5, 5.41) is 23.2. The van der Waals surface area contributed by atoms with E-state index in [0.717, 1.165) is 44.9 Å². The van der Waals surface area contributed by atoms with E-state index in [1.807, 2.05) is 6.08 Å². The van der Waals surface area contributed by atoms with Crippen LogP contribution in [0.25, 0.3) is 0 Å². The van der Waals surface area contributed by atoms with Crippen molar-refractivity contribution >= 4 is 11.9 Å². The lowest BCUT2D eigenvalue weighted by Gasteiger charge is -2.20. The van der Waals surface area contributed by atoms with Crippen molar-refractivity contribution in [2.75, 3.05) is 13.2 Å². The molecule has 0 radical (unpaired) electrons. The first kappa shape index (κ1) is 81.1. The molecule has 0 heterocycles. The van der Waals surface area contributed by atoms with Crippen LogP contribution in [0.1, 0.15) is 418 Å². The van der Waals surface area contributed by atoms with E-state index in [4.69, 9.17) is 4.74 Å². The van der Waals surface area contributed by atoms with Gasteiger partial charge in [0.15, 0.2) is 0 Å². The second-order valence-corrected chi connectivity index (χ2v) is 26.0. The normalized spacial score (nSPS) is 12.7. The molecule has 1 amide bonds. The number of carbonyl (C=O) groups is 2. The maximum absolute atomic E-state index is 12.5. The van der Waals surface area contributed by atoms with Crippen molar-refractivity contribution in [1.29, 1.82) is 0 Å². The molecule has 0 aromatic rings. The predicted octanol–water partition coefficient (Wildman–Crippen LogP) is 24.7. The van der Waals surface area contributed by atoms with Crippen molar-refractivity contribution in [3.05, 3.63) is 36.5 Å². The standard InChI is InChI=1S/C77H147NO5/c1-3-5-7-9-11-13-15-17-19-20-35-38-42-45-49-53-57-61-65-69-75(80)74(73-79)78-76(81)70-66-62-58-54-50-46-43-39-36-33-31-29-27-25-23-21-22-24-26-28-30-32-34-37-40-44-48-52-56-60-64-68-72-83-77(82)71-67-63-59-55-51-47-41-18-16-14-12-10-8-6-4-2/h18,24,26,41,65,69,74-75,79-80H,3-17,19-23,25,27-40,42-64,66-68,70-73H2,1-2H3,(H,78,81)/b26-24-,41-18-,69-65+. The highest BCUT2D eigenvalue weighted by molar-refractivity contribution is 5.76. The van der Waals surface area contributed by atoms with Crippen LogP contribution in [0.3, 0.4) is 0 Å². The van der Waals surface area contributed by atoms with Gasteiger partial charge in [0, 0.05) is 12.8 Å². The van der Waals surface area contributed by atoms with Crippen molar-refractivity contribution in [2.24, 2.45) is 0 Å². The Morgan fingerprint density at radius 3 is 0.855 bits per heavy atom. The first-order valence-corrected chi connectivity index (χ1v) is 37.8. The molecule has 0 aromatic carbocycles. The van der Waals surface area contributed by atoms with Gasteiger partial charge in [0.25, 0.3) is 0 Å². The fourth-order valence-electron chi connectivity index (χ4n) is 11.9. The summed E-state index contributed by atoms with van der Waals surface area (Å²) in [7, 11) is 0. The van der Waals surface area contributed by atoms with E-state index < -0.39 is 12.1 Å². The number of ether oxygens (including phenoxy) is 1. The Balaban J connectivity index is 3.38. The zero-order valence-electron chi connectivity index (χ0n) is 56.2. The van der Waals surface area contributed by atoms with E-state index in [2.05, 4.69) is 43.5 Å². The smallest absolute Gasteiger partial charge is 0.305 e. The molecule has 0 spiro atoms. The summed E-state index contributed by atoms with van der Waals surface area (Å²) in [6.07, 6.45) is 93.9. The number of esters is 1. The molecule has 0 bridgehead atoms. The quantitative estimate of drug-likeness (QED) is 0.0320. The first-order chi connectivity index (χ1) is 41.0. The number of amides is 1. The van der Waals surface area contributed by atoms with Gasteiger partial charge in [0.2, 0.25) is 5.91 Å². The van der Waals surface area contributed by atoms with Gasteiger partial charge >= 0.3 is 5.97 Å². The zero-order chi connectivity index (χ0) is 59.9. The third-order valence-corrected chi connectivity index (χ3v) is 17.6. The molecule has 0 saturated carbocycles. The number of unbranched alkanes of at least 4 members (excludes halogenated alkanes) is 56. The highest BCUT2D eigenvalue weighted by Crippen LogP contribution is 2.19. The Morgan fingerprint density at radius 1 is 0.325 bits per heavy atom. The minimum absolute atomic E-state index is 0.0105. The number of aliphatic hydroxyl groups is 2. The molecule has 6 heteroatoms. The van der Waals surface area contributed by atoms with Crippen LogP contribution in [0.2, 0.25) is 0 Å². The SMILES string of the molecule is CCCCCCCC/C=C\CCCCCCCC(=O)OCCCCCCCCCCCCCC/C=C\CCCCCCCCCCCCCCCCCCC(=O)NC(CO)C(O)/C=C/CCCCCCCCCCCCCCCCCCC. The summed E-state index contributed by atoms with van der Waals surface area (Å²) in [4.78, 5) is 24.6. The maximum Gasteiger partial charge on any atom is 0.305 e. The molecule has 2 atom stereocenters. The van der Waals surface area contributed by atoms with Crippen molar-refractivity contribution < 1.29 is 24.5 Å². The van der Waals surface area contributed by atoms with Crippen molar-refractivity contribution in [3.8, 4) is 0 Å². The average Bonchev–Trinajstić information content (AvgIpc) is 3.49. The van der Waals surface area contributed by atoms with Crippen LogP contribution in [-0.2, 0) is 14.3 Å². The van der Waals surface area contributed by atoms with Gasteiger partial charge in [-0.05, 0) is 83.5 Å². The summed E-state index contributed by atoms with van der Waals surface area (Å²) >= 11 is 0. The van der Waals surface area contributed by atoms with Crippen LogP contribution < -0.4 is 5.32 Å². The van der Waals surface area contributed by atoms with Gasteiger partial charge in [0.05, 0.1) is 25.4 Å². The number of nitrogens with one attached hydrogen (secondary N) is 1. The fourth-order valence-corrected chi connectivity index (χ4v) is 11.9.